The summed E-state index contributed by atoms with van der Waals surface area (Å²) in [5, 5.41) is 0. The van der Waals surface area contributed by atoms with Gasteiger partial charge in [-0.3, -0.25) is 4.79 Å². The smallest absolute Gasteiger partial charge is 0.252 e. The van der Waals surface area contributed by atoms with Gasteiger partial charge in [0.2, 0.25) is 0 Å². The zero-order valence-electron chi connectivity index (χ0n) is 13.9. The Labute approximate surface area is 137 Å². The van der Waals surface area contributed by atoms with Gasteiger partial charge in [-0.05, 0) is 36.5 Å². The molecule has 5 heteroatoms. The summed E-state index contributed by atoms with van der Waals surface area (Å²) in [7, 11) is 0. The van der Waals surface area contributed by atoms with E-state index in [-0.39, 0.29) is 12.0 Å². The first-order valence-corrected chi connectivity index (χ1v) is 8.42. The molecule has 0 aliphatic carbocycles. The van der Waals surface area contributed by atoms with Crippen molar-refractivity contribution in [2.45, 2.75) is 39.3 Å². The van der Waals surface area contributed by atoms with Crippen LogP contribution in [0.4, 0.5) is 0 Å². The molecule has 2 aliphatic heterocycles. The van der Waals surface area contributed by atoms with Crippen molar-refractivity contribution in [1.82, 2.24) is 4.90 Å². The van der Waals surface area contributed by atoms with Crippen molar-refractivity contribution in [1.29, 1.82) is 0 Å². The van der Waals surface area contributed by atoms with Crippen LogP contribution in [0.5, 0.6) is 11.5 Å². The zero-order chi connectivity index (χ0) is 16.2. The number of hydrogen-bond donors (Lipinski definition) is 0. The quantitative estimate of drug-likeness (QED) is 0.837. The lowest BCUT2D eigenvalue weighted by molar-refractivity contribution is -0.142. The van der Waals surface area contributed by atoms with Crippen LogP contribution in [0.1, 0.15) is 32.3 Å². The lowest BCUT2D eigenvalue weighted by Gasteiger charge is -2.27. The molecule has 2 heterocycles. The fourth-order valence-electron chi connectivity index (χ4n) is 3.06. The van der Waals surface area contributed by atoms with Crippen LogP contribution < -0.4 is 9.47 Å². The Morgan fingerprint density at radius 1 is 1.22 bits per heavy atom. The molecule has 0 unspecified atom stereocenters. The zero-order valence-corrected chi connectivity index (χ0v) is 13.9. The lowest BCUT2D eigenvalue weighted by atomic mass is 10.1. The summed E-state index contributed by atoms with van der Waals surface area (Å²) in [5.74, 6) is 2.06. The number of amides is 1. The summed E-state index contributed by atoms with van der Waals surface area (Å²) < 4.78 is 16.8. The first kappa shape index (κ1) is 16.1. The van der Waals surface area contributed by atoms with E-state index in [9.17, 15) is 4.79 Å². The molecule has 0 saturated carbocycles. The van der Waals surface area contributed by atoms with Crippen molar-refractivity contribution >= 4 is 5.91 Å². The van der Waals surface area contributed by atoms with Gasteiger partial charge in [-0.15, -0.1) is 0 Å². The van der Waals surface area contributed by atoms with Crippen LogP contribution in [0.3, 0.4) is 0 Å². The minimum absolute atomic E-state index is 0.103. The van der Waals surface area contributed by atoms with Gasteiger partial charge in [-0.25, -0.2) is 0 Å². The fourth-order valence-corrected chi connectivity index (χ4v) is 3.06. The van der Waals surface area contributed by atoms with E-state index in [4.69, 9.17) is 14.2 Å². The van der Waals surface area contributed by atoms with Gasteiger partial charge >= 0.3 is 0 Å². The van der Waals surface area contributed by atoms with Gasteiger partial charge in [0.1, 0.15) is 19.3 Å². The van der Waals surface area contributed by atoms with Gasteiger partial charge in [0.15, 0.2) is 11.5 Å². The lowest BCUT2D eigenvalue weighted by Crippen LogP contribution is -2.40. The molecule has 0 bridgehead atoms. The third-order valence-corrected chi connectivity index (χ3v) is 4.08. The topological polar surface area (TPSA) is 48.0 Å². The van der Waals surface area contributed by atoms with Crippen LogP contribution in [0.25, 0.3) is 0 Å². The molecule has 1 aromatic carbocycles. The number of fused-ring (bicyclic) bond motifs is 1. The van der Waals surface area contributed by atoms with E-state index < -0.39 is 0 Å². The van der Waals surface area contributed by atoms with Crippen molar-refractivity contribution in [2.75, 3.05) is 26.4 Å². The standard InChI is InChI=1S/C18H25NO4/c1-13(2)11-19(18(20)16-4-3-7-21-16)12-14-5-6-15-17(10-14)23-9-8-22-15/h5-6,10,13,16H,3-4,7-9,11-12H2,1-2H3/t16-/m1/s1. The number of carbonyl (C=O) groups is 1. The van der Waals surface area contributed by atoms with E-state index in [1.165, 1.54) is 0 Å². The number of benzene rings is 1. The predicted octanol–water partition coefficient (Wildman–Crippen LogP) is 2.62. The third kappa shape index (κ3) is 3.96. The first-order chi connectivity index (χ1) is 11.1. The summed E-state index contributed by atoms with van der Waals surface area (Å²) in [6, 6.07) is 5.90. The summed E-state index contributed by atoms with van der Waals surface area (Å²) in [6.07, 6.45) is 1.52. The second-order valence-corrected chi connectivity index (χ2v) is 6.59. The van der Waals surface area contributed by atoms with Gasteiger partial charge in [0, 0.05) is 19.7 Å². The number of rotatable bonds is 5. The number of hydrogen-bond acceptors (Lipinski definition) is 4. The maximum atomic E-state index is 12.7. The average molecular weight is 319 g/mol. The summed E-state index contributed by atoms with van der Waals surface area (Å²) in [5.41, 5.74) is 1.06. The summed E-state index contributed by atoms with van der Waals surface area (Å²) in [4.78, 5) is 14.6. The van der Waals surface area contributed by atoms with Crippen molar-refractivity contribution < 1.29 is 19.0 Å². The monoisotopic (exact) mass is 319 g/mol. The number of ether oxygens (including phenoxy) is 3. The van der Waals surface area contributed by atoms with Crippen LogP contribution in [-0.2, 0) is 16.1 Å². The van der Waals surface area contributed by atoms with E-state index in [1.54, 1.807) is 0 Å². The maximum Gasteiger partial charge on any atom is 0.252 e. The van der Waals surface area contributed by atoms with E-state index >= 15 is 0 Å². The summed E-state index contributed by atoms with van der Waals surface area (Å²) in [6.45, 7) is 7.40. The molecule has 1 fully saturated rings. The van der Waals surface area contributed by atoms with Crippen LogP contribution >= 0.6 is 0 Å². The molecule has 1 aromatic rings. The van der Waals surface area contributed by atoms with Crippen LogP contribution in [0.15, 0.2) is 18.2 Å². The molecule has 1 amide bonds. The van der Waals surface area contributed by atoms with Crippen LogP contribution in [0.2, 0.25) is 0 Å². The third-order valence-electron chi connectivity index (χ3n) is 4.08. The van der Waals surface area contributed by atoms with Gasteiger partial charge in [0.05, 0.1) is 0 Å². The molecule has 2 aliphatic rings. The Bertz CT molecular complexity index is 552. The molecule has 0 spiro atoms. The van der Waals surface area contributed by atoms with E-state index in [1.807, 2.05) is 23.1 Å². The normalized spacial score (nSPS) is 19.9. The largest absolute Gasteiger partial charge is 0.486 e. The molecular weight excluding hydrogens is 294 g/mol. The second kappa shape index (κ2) is 7.21. The Morgan fingerprint density at radius 3 is 2.70 bits per heavy atom. The molecule has 126 valence electrons. The highest BCUT2D eigenvalue weighted by Gasteiger charge is 2.28. The maximum absolute atomic E-state index is 12.7. The molecule has 5 nitrogen and oxygen atoms in total. The molecular formula is C18H25NO4. The molecule has 0 N–H and O–H groups in total. The van der Waals surface area contributed by atoms with Crippen LogP contribution in [-0.4, -0.2) is 43.3 Å². The molecule has 23 heavy (non-hydrogen) atoms. The molecule has 1 saturated heterocycles. The Balaban J connectivity index is 1.73. The average Bonchev–Trinajstić information content (AvgIpc) is 3.07. The number of carbonyl (C=O) groups excluding carboxylic acids is 1. The fraction of sp³-hybridized carbons (Fsp3) is 0.611. The van der Waals surface area contributed by atoms with Crippen molar-refractivity contribution in [3.05, 3.63) is 23.8 Å². The predicted molar refractivity (Wildman–Crippen MR) is 86.7 cm³/mol. The highest BCUT2D eigenvalue weighted by atomic mass is 16.6. The molecule has 1 atom stereocenters. The van der Waals surface area contributed by atoms with E-state index in [0.717, 1.165) is 36.4 Å². The van der Waals surface area contributed by atoms with Gasteiger partial charge in [-0.2, -0.15) is 0 Å². The summed E-state index contributed by atoms with van der Waals surface area (Å²) >= 11 is 0. The Hall–Kier alpha value is -1.75. The highest BCUT2D eigenvalue weighted by Crippen LogP contribution is 2.31. The minimum Gasteiger partial charge on any atom is -0.486 e. The van der Waals surface area contributed by atoms with Gasteiger partial charge in [0.25, 0.3) is 5.91 Å². The van der Waals surface area contributed by atoms with Crippen LogP contribution in [0, 0.1) is 5.92 Å². The Kier molecular flexibility index (Phi) is 5.06. The molecule has 3 rings (SSSR count). The first-order valence-electron chi connectivity index (χ1n) is 8.42. The van der Waals surface area contributed by atoms with Gasteiger partial charge < -0.3 is 19.1 Å². The molecule has 0 aromatic heterocycles. The minimum atomic E-state index is -0.272. The van der Waals surface area contributed by atoms with Crippen molar-refractivity contribution in [3.63, 3.8) is 0 Å². The molecule has 0 radical (unpaired) electrons. The van der Waals surface area contributed by atoms with E-state index in [0.29, 0.717) is 32.3 Å². The second-order valence-electron chi connectivity index (χ2n) is 6.59. The number of nitrogens with zero attached hydrogens (tertiary/aromatic N) is 1. The SMILES string of the molecule is CC(C)CN(Cc1ccc2c(c1)OCCO2)C(=O)[C@H]1CCCO1. The Morgan fingerprint density at radius 2 is 2.00 bits per heavy atom. The van der Waals surface area contributed by atoms with E-state index in [2.05, 4.69) is 13.8 Å². The van der Waals surface area contributed by atoms with Gasteiger partial charge in [-0.1, -0.05) is 19.9 Å². The highest BCUT2D eigenvalue weighted by molar-refractivity contribution is 5.81. The van der Waals surface area contributed by atoms with Crippen molar-refractivity contribution in [2.24, 2.45) is 5.92 Å². The van der Waals surface area contributed by atoms with Crippen molar-refractivity contribution in [3.8, 4) is 11.5 Å².